The molecule has 4 aliphatic carbocycles. The Hall–Kier alpha value is -1.66. The van der Waals surface area contributed by atoms with Gasteiger partial charge < -0.3 is 10.2 Å². The fourth-order valence-corrected chi connectivity index (χ4v) is 7.70. The van der Waals surface area contributed by atoms with E-state index in [0.29, 0.717) is 18.4 Å². The maximum atomic E-state index is 13.7. The van der Waals surface area contributed by atoms with E-state index in [1.807, 2.05) is 20.8 Å². The maximum Gasteiger partial charge on any atom is 0.169 e. The Balaban J connectivity index is 2.01. The number of carbonyl (C=O) groups is 4. The molecule has 0 aromatic carbocycles. The molecule has 6 nitrogen and oxygen atoms in total. The van der Waals surface area contributed by atoms with E-state index in [4.69, 9.17) is 0 Å². The molecule has 0 amide bonds. The van der Waals surface area contributed by atoms with E-state index in [0.717, 1.165) is 0 Å². The zero-order chi connectivity index (χ0) is 22.7. The molecule has 0 aliphatic heterocycles. The molecule has 0 aromatic heterocycles. The molecular formula is C24H32O6. The third-order valence-electron chi connectivity index (χ3n) is 9.96. The molecule has 164 valence electrons. The zero-order valence-electron chi connectivity index (χ0n) is 18.7. The van der Waals surface area contributed by atoms with Crippen LogP contribution in [-0.2, 0) is 19.2 Å². The zero-order valence-corrected chi connectivity index (χ0v) is 18.7. The lowest BCUT2D eigenvalue weighted by Gasteiger charge is -2.64. The fraction of sp³-hybridized carbons (Fsp3) is 0.750. The van der Waals surface area contributed by atoms with E-state index in [1.165, 1.54) is 13.0 Å². The van der Waals surface area contributed by atoms with Crippen molar-refractivity contribution in [2.75, 3.05) is 0 Å². The molecule has 7 unspecified atom stereocenters. The number of hydrogen-bond acceptors (Lipinski definition) is 6. The van der Waals surface area contributed by atoms with Crippen LogP contribution in [0.25, 0.3) is 0 Å². The summed E-state index contributed by atoms with van der Waals surface area (Å²) in [7, 11) is 0. The Morgan fingerprint density at radius 1 is 1.07 bits per heavy atom. The Labute approximate surface area is 177 Å². The molecule has 0 aromatic rings. The molecule has 4 aliphatic rings. The highest BCUT2D eigenvalue weighted by atomic mass is 16.3. The lowest BCUT2D eigenvalue weighted by Crippen LogP contribution is -2.73. The summed E-state index contributed by atoms with van der Waals surface area (Å²) in [5.41, 5.74) is -6.12. The van der Waals surface area contributed by atoms with Crippen molar-refractivity contribution in [3.63, 3.8) is 0 Å². The van der Waals surface area contributed by atoms with Crippen LogP contribution in [0.1, 0.15) is 67.2 Å². The van der Waals surface area contributed by atoms with E-state index >= 15 is 0 Å². The Kier molecular flexibility index (Phi) is 4.15. The summed E-state index contributed by atoms with van der Waals surface area (Å²) in [6.45, 7) is 10.2. The van der Waals surface area contributed by atoms with Gasteiger partial charge in [0.15, 0.2) is 17.2 Å². The van der Waals surface area contributed by atoms with Crippen molar-refractivity contribution in [1.82, 2.24) is 0 Å². The second kappa shape index (κ2) is 5.77. The first-order valence-electron chi connectivity index (χ1n) is 10.9. The van der Waals surface area contributed by atoms with Gasteiger partial charge in [0.1, 0.15) is 11.6 Å². The van der Waals surface area contributed by atoms with Gasteiger partial charge in [0.2, 0.25) is 0 Å². The predicted molar refractivity (Wildman–Crippen MR) is 108 cm³/mol. The van der Waals surface area contributed by atoms with Crippen molar-refractivity contribution in [3.05, 3.63) is 11.6 Å². The average molecular weight is 417 g/mol. The first-order valence-corrected chi connectivity index (χ1v) is 10.9. The van der Waals surface area contributed by atoms with Crippen molar-refractivity contribution in [2.24, 2.45) is 33.5 Å². The van der Waals surface area contributed by atoms with Crippen LogP contribution < -0.4 is 0 Å². The van der Waals surface area contributed by atoms with Crippen molar-refractivity contribution < 1.29 is 29.4 Å². The highest BCUT2D eigenvalue weighted by molar-refractivity contribution is 6.07. The number of aliphatic hydroxyl groups is 2. The molecule has 4 rings (SSSR count). The summed E-state index contributed by atoms with van der Waals surface area (Å²) in [5, 5.41) is 23.3. The van der Waals surface area contributed by atoms with Gasteiger partial charge in [0, 0.05) is 29.6 Å². The van der Waals surface area contributed by atoms with Crippen molar-refractivity contribution >= 4 is 23.1 Å². The monoisotopic (exact) mass is 416 g/mol. The van der Waals surface area contributed by atoms with Crippen LogP contribution in [0.3, 0.4) is 0 Å². The van der Waals surface area contributed by atoms with E-state index < -0.39 is 45.1 Å². The van der Waals surface area contributed by atoms with Crippen molar-refractivity contribution in [3.8, 4) is 0 Å². The van der Waals surface area contributed by atoms with Gasteiger partial charge in [-0.3, -0.25) is 19.2 Å². The van der Waals surface area contributed by atoms with Gasteiger partial charge in [-0.15, -0.1) is 0 Å². The smallest absolute Gasteiger partial charge is 0.169 e. The van der Waals surface area contributed by atoms with Gasteiger partial charge >= 0.3 is 0 Å². The quantitative estimate of drug-likeness (QED) is 0.678. The summed E-state index contributed by atoms with van der Waals surface area (Å²) in [6.07, 6.45) is 0.980. The second-order valence-corrected chi connectivity index (χ2v) is 11.2. The molecule has 3 saturated carbocycles. The van der Waals surface area contributed by atoms with Crippen LogP contribution in [0.2, 0.25) is 0 Å². The van der Waals surface area contributed by atoms with Gasteiger partial charge in [-0.25, -0.2) is 0 Å². The minimum Gasteiger partial charge on any atom is -0.392 e. The third-order valence-corrected chi connectivity index (χ3v) is 9.96. The largest absolute Gasteiger partial charge is 0.392 e. The van der Waals surface area contributed by atoms with E-state index in [2.05, 4.69) is 0 Å². The molecule has 30 heavy (non-hydrogen) atoms. The summed E-state index contributed by atoms with van der Waals surface area (Å²) < 4.78 is 0. The van der Waals surface area contributed by atoms with Crippen LogP contribution in [0.4, 0.5) is 0 Å². The van der Waals surface area contributed by atoms with E-state index in [9.17, 15) is 29.4 Å². The molecule has 0 spiro atoms. The molecule has 0 bridgehead atoms. The number of hydrogen-bond donors (Lipinski definition) is 2. The SMILES string of the molecule is CC(=O)C1CC(O)C2(C)C3(O)C(=O)CC4C(C)(C)C(=O)CCC4(C)C3=CC(=O)C12C. The van der Waals surface area contributed by atoms with Crippen molar-refractivity contribution in [1.29, 1.82) is 0 Å². The summed E-state index contributed by atoms with van der Waals surface area (Å²) in [4.78, 5) is 52.3. The molecule has 0 saturated heterocycles. The van der Waals surface area contributed by atoms with E-state index in [1.54, 1.807) is 13.8 Å². The highest BCUT2D eigenvalue weighted by Crippen LogP contribution is 2.71. The molecule has 2 N–H and O–H groups in total. The van der Waals surface area contributed by atoms with Crippen molar-refractivity contribution in [2.45, 2.75) is 78.9 Å². The maximum absolute atomic E-state index is 13.7. The van der Waals surface area contributed by atoms with Gasteiger partial charge in [-0.2, -0.15) is 0 Å². The number of allylic oxidation sites excluding steroid dienone is 1. The first-order chi connectivity index (χ1) is 13.6. The average Bonchev–Trinajstić information content (AvgIpc) is 2.88. The number of aliphatic hydroxyl groups excluding tert-OH is 1. The lowest BCUT2D eigenvalue weighted by atomic mass is 9.39. The van der Waals surface area contributed by atoms with Crippen LogP contribution in [-0.4, -0.2) is 45.1 Å². The van der Waals surface area contributed by atoms with Crippen LogP contribution in [0.15, 0.2) is 11.6 Å². The number of Topliss-reactive ketones (excluding diaryl/α,β-unsaturated/α-hetero) is 3. The van der Waals surface area contributed by atoms with Crippen LogP contribution in [0, 0.1) is 33.5 Å². The van der Waals surface area contributed by atoms with Gasteiger partial charge in [0.25, 0.3) is 0 Å². The lowest BCUT2D eigenvalue weighted by molar-refractivity contribution is -0.198. The molecule has 7 atom stereocenters. The Bertz CT molecular complexity index is 930. The standard InChI is InChI=1S/C24H32O6/c1-12(25)13-9-18(28)23(6)22(13,5)17(27)11-15-21(4)8-7-16(26)20(2,3)14(21)10-19(29)24(15,23)30/h11,13-14,18,28,30H,7-10H2,1-6H3. The summed E-state index contributed by atoms with van der Waals surface area (Å²) in [5.74, 6) is -2.05. The first kappa shape index (κ1) is 21.6. The predicted octanol–water partition coefficient (Wildman–Crippen LogP) is 2.19. The summed E-state index contributed by atoms with van der Waals surface area (Å²) >= 11 is 0. The topological polar surface area (TPSA) is 109 Å². The summed E-state index contributed by atoms with van der Waals surface area (Å²) in [6, 6.07) is 0. The third kappa shape index (κ3) is 1.98. The molecule has 6 heteroatoms. The highest BCUT2D eigenvalue weighted by Gasteiger charge is 2.79. The van der Waals surface area contributed by atoms with Gasteiger partial charge in [-0.05, 0) is 42.7 Å². The van der Waals surface area contributed by atoms with Crippen LogP contribution >= 0.6 is 0 Å². The minimum atomic E-state index is -2.05. The van der Waals surface area contributed by atoms with Gasteiger partial charge in [0.05, 0.1) is 11.5 Å². The number of ketones is 4. The fourth-order valence-electron chi connectivity index (χ4n) is 7.70. The molecule has 0 heterocycles. The number of rotatable bonds is 1. The Morgan fingerprint density at radius 3 is 2.23 bits per heavy atom. The second-order valence-electron chi connectivity index (χ2n) is 11.2. The Morgan fingerprint density at radius 2 is 1.67 bits per heavy atom. The number of fused-ring (bicyclic) bond motifs is 5. The van der Waals surface area contributed by atoms with Crippen LogP contribution in [0.5, 0.6) is 0 Å². The minimum absolute atomic E-state index is 0.000395. The molecule has 3 fully saturated rings. The molecule has 0 radical (unpaired) electrons. The molecular weight excluding hydrogens is 384 g/mol. The van der Waals surface area contributed by atoms with Gasteiger partial charge in [-0.1, -0.05) is 34.6 Å². The van der Waals surface area contributed by atoms with E-state index in [-0.39, 0.29) is 36.1 Å². The number of carbonyl (C=O) groups excluding carboxylic acids is 4. The normalized spacial score (nSPS) is 49.8.